The second-order valence-electron chi connectivity index (χ2n) is 16.0. The van der Waals surface area contributed by atoms with E-state index in [1.165, 1.54) is 0 Å². The number of aliphatic hydroxyl groups is 1. The first-order chi connectivity index (χ1) is 25.7. The van der Waals surface area contributed by atoms with Gasteiger partial charge in [0.2, 0.25) is 0 Å². The van der Waals surface area contributed by atoms with Crippen molar-refractivity contribution >= 4 is 56.7 Å². The largest absolute Gasteiger partial charge is 0.493 e. The predicted molar refractivity (Wildman–Crippen MR) is 219 cm³/mol. The van der Waals surface area contributed by atoms with Crippen LogP contribution in [-0.4, -0.2) is 67.3 Å². The van der Waals surface area contributed by atoms with E-state index in [1.807, 2.05) is 90.1 Å². The molecule has 4 aromatic rings. The quantitative estimate of drug-likeness (QED) is 0.127. The Morgan fingerprint density at radius 3 is 1.44 bits per heavy atom. The van der Waals surface area contributed by atoms with Crippen LogP contribution in [0.1, 0.15) is 104 Å². The Hall–Kier alpha value is -4.21. The fourth-order valence-corrected chi connectivity index (χ4v) is 7.22. The van der Waals surface area contributed by atoms with E-state index >= 15 is 0 Å². The fraction of sp³-hybridized carbons (Fsp3) is 0.500. The van der Waals surface area contributed by atoms with Crippen LogP contribution in [0.2, 0.25) is 0 Å². The summed E-state index contributed by atoms with van der Waals surface area (Å²) in [5.74, 6) is 1.96. The number of carbonyl (C=O) groups is 2. The van der Waals surface area contributed by atoms with Crippen molar-refractivity contribution in [1.82, 2.24) is 0 Å². The molecule has 0 aromatic heterocycles. The Bertz CT molecular complexity index is 1790. The molecule has 0 bridgehead atoms. The highest BCUT2D eigenvalue weighted by Gasteiger charge is 2.38. The van der Waals surface area contributed by atoms with E-state index < -0.39 is 17.3 Å². The minimum atomic E-state index is -0.578. The number of hydrogen-bond acceptors (Lipinski definition) is 7. The lowest BCUT2D eigenvalue weighted by atomic mass is 9.95. The van der Waals surface area contributed by atoms with Crippen LogP contribution in [0.3, 0.4) is 0 Å². The minimum absolute atomic E-state index is 0.0215. The van der Waals surface area contributed by atoms with Crippen molar-refractivity contribution in [3.63, 3.8) is 0 Å². The van der Waals surface area contributed by atoms with Gasteiger partial charge in [-0.3, -0.25) is 9.80 Å². The molecule has 2 atom stereocenters. The maximum absolute atomic E-state index is 12.8. The number of anilines is 2. The Morgan fingerprint density at radius 1 is 0.685 bits per heavy atom. The minimum Gasteiger partial charge on any atom is -0.493 e. The molecule has 9 nitrogen and oxygen atoms in total. The molecule has 2 heterocycles. The number of aliphatic hydroxyl groups excluding tert-OH is 1. The molecule has 292 valence electrons. The van der Waals surface area contributed by atoms with E-state index in [-0.39, 0.29) is 24.5 Å². The number of ether oxygens (including phenoxy) is 4. The van der Waals surface area contributed by atoms with E-state index in [0.717, 1.165) is 81.2 Å². The molecule has 4 aromatic carbocycles. The molecule has 0 aliphatic carbocycles. The van der Waals surface area contributed by atoms with Gasteiger partial charge in [0, 0.05) is 53.7 Å². The zero-order valence-electron chi connectivity index (χ0n) is 33.2. The maximum atomic E-state index is 12.8. The first-order valence-electron chi connectivity index (χ1n) is 19.3. The van der Waals surface area contributed by atoms with E-state index in [9.17, 15) is 14.7 Å². The average Bonchev–Trinajstić information content (AvgIpc) is 3.70. The third-order valence-electron chi connectivity index (χ3n) is 9.40. The summed E-state index contributed by atoms with van der Waals surface area (Å²) in [4.78, 5) is 28.9. The molecule has 2 aliphatic heterocycles. The number of hydrogen-bond donors (Lipinski definition) is 1. The molecule has 10 heteroatoms. The number of benzene rings is 4. The first-order valence-corrected chi connectivity index (χ1v) is 19.8. The van der Waals surface area contributed by atoms with Gasteiger partial charge in [0.25, 0.3) is 0 Å². The van der Waals surface area contributed by atoms with E-state index in [0.29, 0.717) is 32.2 Å². The highest BCUT2D eigenvalue weighted by Crippen LogP contribution is 2.47. The lowest BCUT2D eigenvalue weighted by molar-refractivity contribution is 0.0570. The summed E-state index contributed by atoms with van der Waals surface area (Å²) >= 11 is 6.27. The second kappa shape index (κ2) is 17.5. The van der Waals surface area contributed by atoms with E-state index in [2.05, 4.69) is 26.0 Å². The number of halogens is 1. The topological polar surface area (TPSA) is 97.8 Å². The van der Waals surface area contributed by atoms with Crippen LogP contribution < -0.4 is 19.3 Å². The first kappa shape index (κ1) is 41.0. The molecular formula is C44H57ClN2O7. The summed E-state index contributed by atoms with van der Waals surface area (Å²) in [5.41, 5.74) is 2.59. The summed E-state index contributed by atoms with van der Waals surface area (Å²) in [7, 11) is 0. The van der Waals surface area contributed by atoms with Gasteiger partial charge in [-0.15, -0.1) is 11.6 Å². The van der Waals surface area contributed by atoms with Gasteiger partial charge in [-0.2, -0.15) is 0 Å². The van der Waals surface area contributed by atoms with Gasteiger partial charge in [-0.25, -0.2) is 9.59 Å². The van der Waals surface area contributed by atoms with Crippen LogP contribution in [0.15, 0.2) is 60.7 Å². The van der Waals surface area contributed by atoms with Gasteiger partial charge in [0.15, 0.2) is 0 Å². The molecular weight excluding hydrogens is 704 g/mol. The number of amides is 2. The maximum Gasteiger partial charge on any atom is 0.414 e. The van der Waals surface area contributed by atoms with Crippen molar-refractivity contribution in [2.45, 2.75) is 104 Å². The second-order valence-corrected chi connectivity index (χ2v) is 16.3. The fourth-order valence-electron chi connectivity index (χ4n) is 6.97. The molecule has 1 N–H and O–H groups in total. The van der Waals surface area contributed by atoms with Gasteiger partial charge in [0.05, 0.1) is 31.2 Å². The standard InChI is InChI=1S/C22H28ClNO3.C22H29NO4/c1-5-6-11-26-19-12-18-20(17-10-8-7-9-16(17)19)15(13-23)14-24(18)21(25)27-22(2,3)4;1-5-6-11-26-19-12-18-20(17-10-8-7-9-16(17)19)15(14-24)13-23(18)21(25)27-22(2,3)4/h7-10,12,15H,5-6,11,13-14H2,1-4H3;7-10,12,15,24H,5-6,11,13-14H2,1-4H3/t2*15-/m10/s1. The van der Waals surface area contributed by atoms with E-state index in [1.54, 1.807) is 9.80 Å². The lowest BCUT2D eigenvalue weighted by Crippen LogP contribution is -2.36. The number of unbranched alkanes of at least 4 members (excludes halogenated alkanes) is 2. The molecule has 2 amide bonds. The van der Waals surface area contributed by atoms with Crippen LogP contribution in [-0.2, 0) is 9.47 Å². The predicted octanol–water partition coefficient (Wildman–Crippen LogP) is 10.9. The van der Waals surface area contributed by atoms with Crippen LogP contribution in [0.5, 0.6) is 11.5 Å². The summed E-state index contributed by atoms with van der Waals surface area (Å²) in [5, 5.41) is 14.1. The zero-order valence-corrected chi connectivity index (χ0v) is 33.9. The van der Waals surface area contributed by atoms with Gasteiger partial charge in [-0.1, -0.05) is 75.2 Å². The normalized spacial score (nSPS) is 16.5. The molecule has 0 saturated heterocycles. The number of fused-ring (bicyclic) bond motifs is 6. The highest BCUT2D eigenvalue weighted by molar-refractivity contribution is 6.19. The number of rotatable bonds is 10. The van der Waals surface area contributed by atoms with Gasteiger partial charge in [-0.05, 0) is 76.3 Å². The summed E-state index contributed by atoms with van der Waals surface area (Å²) in [6.07, 6.45) is 3.35. The Morgan fingerprint density at radius 2 is 1.07 bits per heavy atom. The van der Waals surface area contributed by atoms with E-state index in [4.69, 9.17) is 30.5 Å². The third-order valence-corrected chi connectivity index (χ3v) is 9.77. The molecule has 54 heavy (non-hydrogen) atoms. The number of alkyl halides is 1. The molecule has 0 fully saturated rings. The third kappa shape index (κ3) is 9.35. The van der Waals surface area contributed by atoms with Crippen LogP contribution in [0, 0.1) is 0 Å². The van der Waals surface area contributed by atoms with Crippen molar-refractivity contribution in [1.29, 1.82) is 0 Å². The van der Waals surface area contributed by atoms with Crippen LogP contribution in [0.4, 0.5) is 21.0 Å². The Labute approximate surface area is 325 Å². The molecule has 6 rings (SSSR count). The lowest BCUT2D eigenvalue weighted by Gasteiger charge is -2.25. The van der Waals surface area contributed by atoms with Crippen molar-refractivity contribution < 1.29 is 33.6 Å². The molecule has 0 unspecified atom stereocenters. The summed E-state index contributed by atoms with van der Waals surface area (Å²) < 4.78 is 23.3. The van der Waals surface area contributed by atoms with Crippen molar-refractivity contribution in [2.75, 3.05) is 48.6 Å². The Balaban J connectivity index is 0.000000208. The van der Waals surface area contributed by atoms with Crippen molar-refractivity contribution in [2.24, 2.45) is 0 Å². The molecule has 2 aliphatic rings. The SMILES string of the molecule is CCCCOc1cc2c(c3ccccc13)[C@H](CCl)CN2C(=O)OC(C)(C)C.CCCCOc1cc2c(c3ccccc13)[C@H](CO)CN2C(=O)OC(C)(C)C. The number of carbonyl (C=O) groups excluding carboxylic acids is 2. The zero-order chi connectivity index (χ0) is 39.2. The van der Waals surface area contributed by atoms with Crippen LogP contribution in [0.25, 0.3) is 21.5 Å². The van der Waals surface area contributed by atoms with Gasteiger partial charge < -0.3 is 24.1 Å². The average molecular weight is 761 g/mol. The van der Waals surface area contributed by atoms with Crippen molar-refractivity contribution in [3.8, 4) is 11.5 Å². The smallest absolute Gasteiger partial charge is 0.414 e. The van der Waals surface area contributed by atoms with Crippen molar-refractivity contribution in [3.05, 3.63) is 71.8 Å². The molecule has 0 saturated carbocycles. The van der Waals surface area contributed by atoms with Gasteiger partial charge >= 0.3 is 12.2 Å². The Kier molecular flexibility index (Phi) is 13.3. The molecule has 0 radical (unpaired) electrons. The van der Waals surface area contributed by atoms with Crippen LogP contribution >= 0.6 is 11.6 Å². The number of nitrogens with zero attached hydrogens (tertiary/aromatic N) is 2. The monoisotopic (exact) mass is 760 g/mol. The highest BCUT2D eigenvalue weighted by atomic mass is 35.5. The van der Waals surface area contributed by atoms with Gasteiger partial charge in [0.1, 0.15) is 22.7 Å². The summed E-state index contributed by atoms with van der Waals surface area (Å²) in [6, 6.07) is 20.1. The summed E-state index contributed by atoms with van der Waals surface area (Å²) in [6.45, 7) is 17.6. The molecule has 0 spiro atoms.